The molecule has 4 nitrogen and oxygen atoms in total. The van der Waals surface area contributed by atoms with E-state index in [1.165, 1.54) is 18.4 Å². The van der Waals surface area contributed by atoms with Gasteiger partial charge in [-0.2, -0.15) is 0 Å². The third-order valence-electron chi connectivity index (χ3n) is 4.10. The van der Waals surface area contributed by atoms with Crippen molar-refractivity contribution in [3.05, 3.63) is 33.8 Å². The number of hydrogen-bond acceptors (Lipinski definition) is 3. The van der Waals surface area contributed by atoms with E-state index in [9.17, 15) is 4.79 Å². The predicted molar refractivity (Wildman–Crippen MR) is 84.1 cm³/mol. The molecule has 0 radical (unpaired) electrons. The summed E-state index contributed by atoms with van der Waals surface area (Å²) < 4.78 is 0.962. The third-order valence-corrected chi connectivity index (χ3v) is 4.83. The molecule has 1 aromatic rings. The number of likely N-dealkylation sites (tertiary alicyclic amines) is 1. The van der Waals surface area contributed by atoms with Crippen molar-refractivity contribution in [2.24, 2.45) is 11.8 Å². The van der Waals surface area contributed by atoms with Gasteiger partial charge in [0.1, 0.15) is 0 Å². The van der Waals surface area contributed by atoms with Gasteiger partial charge in [-0.25, -0.2) is 5.84 Å². The first-order valence-electron chi connectivity index (χ1n) is 7.04. The van der Waals surface area contributed by atoms with Crippen molar-refractivity contribution in [1.29, 1.82) is 0 Å². The molecule has 1 aromatic carbocycles. The van der Waals surface area contributed by atoms with Gasteiger partial charge in [0.2, 0.25) is 0 Å². The van der Waals surface area contributed by atoms with Gasteiger partial charge in [-0.1, -0.05) is 28.9 Å². The lowest BCUT2D eigenvalue weighted by Crippen LogP contribution is -2.39. The number of nitrogens with zero attached hydrogens (tertiary/aromatic N) is 1. The summed E-state index contributed by atoms with van der Waals surface area (Å²) in [7, 11) is 0. The van der Waals surface area contributed by atoms with Gasteiger partial charge in [-0.05, 0) is 49.9 Å². The van der Waals surface area contributed by atoms with E-state index < -0.39 is 0 Å². The number of piperidine rings is 1. The number of rotatable bonds is 3. The van der Waals surface area contributed by atoms with Crippen molar-refractivity contribution in [3.8, 4) is 0 Å². The van der Waals surface area contributed by atoms with Crippen LogP contribution in [0.4, 0.5) is 0 Å². The largest absolute Gasteiger partial charge is 0.296 e. The molecule has 1 aliphatic heterocycles. The summed E-state index contributed by atoms with van der Waals surface area (Å²) in [5.41, 5.74) is 3.93. The van der Waals surface area contributed by atoms with Crippen LogP contribution in [0.1, 0.15) is 42.6 Å². The van der Waals surface area contributed by atoms with E-state index in [1.54, 1.807) is 0 Å². The van der Waals surface area contributed by atoms with Gasteiger partial charge in [-0.15, -0.1) is 0 Å². The number of amides is 1. The van der Waals surface area contributed by atoms with Gasteiger partial charge in [0, 0.05) is 22.6 Å². The zero-order chi connectivity index (χ0) is 14.7. The number of benzene rings is 1. The fourth-order valence-corrected chi connectivity index (χ4v) is 3.31. The SMILES string of the molecule is CC1CCN(Cc2ccc(C(=O)NN)cc2Br)C(C)C1. The summed E-state index contributed by atoms with van der Waals surface area (Å²) in [5, 5.41) is 0. The monoisotopic (exact) mass is 339 g/mol. The molecule has 0 aliphatic carbocycles. The number of hydrazine groups is 1. The normalized spacial score (nSPS) is 23.6. The fourth-order valence-electron chi connectivity index (χ4n) is 2.81. The zero-order valence-corrected chi connectivity index (χ0v) is 13.6. The molecule has 3 N–H and O–H groups in total. The molecule has 1 fully saturated rings. The van der Waals surface area contributed by atoms with E-state index in [2.05, 4.69) is 40.1 Å². The summed E-state index contributed by atoms with van der Waals surface area (Å²) in [6.45, 7) is 6.67. The first-order valence-corrected chi connectivity index (χ1v) is 7.84. The van der Waals surface area contributed by atoms with Gasteiger partial charge in [-0.3, -0.25) is 15.1 Å². The maximum Gasteiger partial charge on any atom is 0.265 e. The molecule has 0 bridgehead atoms. The van der Waals surface area contributed by atoms with Crippen LogP contribution < -0.4 is 11.3 Å². The summed E-state index contributed by atoms with van der Waals surface area (Å²) in [6.07, 6.45) is 2.51. The molecule has 20 heavy (non-hydrogen) atoms. The minimum Gasteiger partial charge on any atom is -0.296 e. The van der Waals surface area contributed by atoms with Crippen LogP contribution in [0, 0.1) is 5.92 Å². The number of nitrogen functional groups attached to an aromatic ring is 1. The molecule has 1 saturated heterocycles. The lowest BCUT2D eigenvalue weighted by molar-refractivity contribution is 0.0953. The average molecular weight is 340 g/mol. The Kier molecular flexibility index (Phi) is 5.18. The van der Waals surface area contributed by atoms with Crippen molar-refractivity contribution in [2.75, 3.05) is 6.54 Å². The van der Waals surface area contributed by atoms with Crippen LogP contribution in [0.3, 0.4) is 0 Å². The lowest BCUT2D eigenvalue weighted by Gasteiger charge is -2.36. The molecule has 0 aromatic heterocycles. The van der Waals surface area contributed by atoms with Crippen molar-refractivity contribution >= 4 is 21.8 Å². The highest BCUT2D eigenvalue weighted by Crippen LogP contribution is 2.26. The summed E-state index contributed by atoms with van der Waals surface area (Å²) in [6, 6.07) is 6.26. The zero-order valence-electron chi connectivity index (χ0n) is 12.0. The summed E-state index contributed by atoms with van der Waals surface area (Å²) >= 11 is 3.56. The van der Waals surface area contributed by atoms with Gasteiger partial charge in [0.15, 0.2) is 0 Å². The Morgan fingerprint density at radius 1 is 1.50 bits per heavy atom. The molecular weight excluding hydrogens is 318 g/mol. The Labute approximate surface area is 128 Å². The first-order chi connectivity index (χ1) is 9.51. The van der Waals surface area contributed by atoms with Gasteiger partial charge >= 0.3 is 0 Å². The molecule has 0 saturated carbocycles. The minimum atomic E-state index is -0.266. The Hall–Kier alpha value is -0.910. The second-order valence-electron chi connectivity index (χ2n) is 5.73. The van der Waals surface area contributed by atoms with Crippen molar-refractivity contribution in [1.82, 2.24) is 10.3 Å². The van der Waals surface area contributed by atoms with E-state index in [4.69, 9.17) is 5.84 Å². The van der Waals surface area contributed by atoms with Crippen LogP contribution in [0.15, 0.2) is 22.7 Å². The Balaban J connectivity index is 2.08. The van der Waals surface area contributed by atoms with Crippen molar-refractivity contribution in [3.63, 3.8) is 0 Å². The molecule has 1 aliphatic rings. The van der Waals surface area contributed by atoms with Crippen LogP contribution in [0.25, 0.3) is 0 Å². The second kappa shape index (κ2) is 6.70. The third kappa shape index (κ3) is 3.59. The topological polar surface area (TPSA) is 58.4 Å². The molecule has 1 heterocycles. The van der Waals surface area contributed by atoms with Crippen molar-refractivity contribution < 1.29 is 4.79 Å². The second-order valence-corrected chi connectivity index (χ2v) is 6.58. The van der Waals surface area contributed by atoms with E-state index in [-0.39, 0.29) is 5.91 Å². The van der Waals surface area contributed by atoms with E-state index >= 15 is 0 Å². The highest BCUT2D eigenvalue weighted by atomic mass is 79.9. The van der Waals surface area contributed by atoms with Crippen LogP contribution >= 0.6 is 15.9 Å². The Bertz CT molecular complexity index is 492. The minimum absolute atomic E-state index is 0.266. The summed E-state index contributed by atoms with van der Waals surface area (Å²) in [4.78, 5) is 14.0. The predicted octanol–water partition coefficient (Wildman–Crippen LogP) is 2.67. The van der Waals surface area contributed by atoms with Crippen molar-refractivity contribution in [2.45, 2.75) is 39.3 Å². The molecule has 0 spiro atoms. The number of carbonyl (C=O) groups excluding carboxylic acids is 1. The molecule has 5 heteroatoms. The Morgan fingerprint density at radius 3 is 2.85 bits per heavy atom. The molecule has 2 unspecified atom stereocenters. The number of nitrogens with one attached hydrogen (secondary N) is 1. The van der Waals surface area contributed by atoms with E-state index in [0.29, 0.717) is 11.6 Å². The lowest BCUT2D eigenvalue weighted by atomic mass is 9.93. The molecule has 2 atom stereocenters. The molecular formula is C15H22BrN3O. The number of carbonyl (C=O) groups is 1. The number of nitrogens with two attached hydrogens (primary N) is 1. The van der Waals surface area contributed by atoms with Gasteiger partial charge in [0.05, 0.1) is 0 Å². The summed E-state index contributed by atoms with van der Waals surface area (Å²) in [5.74, 6) is 5.70. The first kappa shape index (κ1) is 15.5. The maximum absolute atomic E-state index is 11.5. The average Bonchev–Trinajstić information content (AvgIpc) is 2.42. The smallest absolute Gasteiger partial charge is 0.265 e. The molecule has 2 rings (SSSR count). The standard InChI is InChI=1S/C15H22BrN3O/c1-10-5-6-19(11(2)7-10)9-13-4-3-12(8-14(13)16)15(20)18-17/h3-4,8,10-11H,5-7,9,17H2,1-2H3,(H,18,20). The van der Waals surface area contributed by atoms with Crippen LogP contribution in [-0.2, 0) is 6.54 Å². The van der Waals surface area contributed by atoms with Crippen LogP contribution in [0.5, 0.6) is 0 Å². The molecule has 1 amide bonds. The highest BCUT2D eigenvalue weighted by Gasteiger charge is 2.23. The fraction of sp³-hybridized carbons (Fsp3) is 0.533. The van der Waals surface area contributed by atoms with Crippen LogP contribution in [0.2, 0.25) is 0 Å². The highest BCUT2D eigenvalue weighted by molar-refractivity contribution is 9.10. The maximum atomic E-state index is 11.5. The van der Waals surface area contributed by atoms with E-state index in [0.717, 1.165) is 23.5 Å². The molecule has 110 valence electrons. The number of halogens is 1. The van der Waals surface area contributed by atoms with Crippen LogP contribution in [-0.4, -0.2) is 23.4 Å². The number of hydrogen-bond donors (Lipinski definition) is 2. The van der Waals surface area contributed by atoms with Gasteiger partial charge < -0.3 is 0 Å². The van der Waals surface area contributed by atoms with E-state index in [1.807, 2.05) is 18.2 Å². The quantitative estimate of drug-likeness (QED) is 0.505. The Morgan fingerprint density at radius 2 is 2.25 bits per heavy atom. The van der Waals surface area contributed by atoms with Gasteiger partial charge in [0.25, 0.3) is 5.91 Å².